The third kappa shape index (κ3) is 2.88. The Hall–Kier alpha value is -0.790. The lowest BCUT2D eigenvalue weighted by atomic mass is 10.2. The van der Waals surface area contributed by atoms with Gasteiger partial charge >= 0.3 is 0 Å². The molecule has 0 spiro atoms. The van der Waals surface area contributed by atoms with Crippen molar-refractivity contribution in [1.82, 2.24) is 9.36 Å². The maximum atomic E-state index is 5.99. The minimum absolute atomic E-state index is 0.584. The topological polar surface area (TPSA) is 63.8 Å². The number of anilines is 2. The third-order valence-electron chi connectivity index (χ3n) is 3.07. The number of nitrogens with one attached hydrogen (secondary N) is 1. The van der Waals surface area contributed by atoms with Crippen LogP contribution in [0.3, 0.4) is 0 Å². The van der Waals surface area contributed by atoms with Gasteiger partial charge in [-0.15, -0.1) is 11.3 Å². The molecule has 2 aromatic heterocycles. The summed E-state index contributed by atoms with van der Waals surface area (Å²) in [5, 5.41) is 8.29. The smallest absolute Gasteiger partial charge is 0.149 e. The lowest BCUT2D eigenvalue weighted by Gasteiger charge is -2.10. The summed E-state index contributed by atoms with van der Waals surface area (Å²) in [5.74, 6) is 1.87. The van der Waals surface area contributed by atoms with Gasteiger partial charge in [-0.3, -0.25) is 0 Å². The van der Waals surface area contributed by atoms with Crippen molar-refractivity contribution in [3.8, 4) is 10.6 Å². The van der Waals surface area contributed by atoms with Crippen LogP contribution >= 0.6 is 34.6 Å². The SMILES string of the molecule is Cc1csc(-c2c(N)nsc2NCC2CCCS2)n1. The summed E-state index contributed by atoms with van der Waals surface area (Å²) in [6.45, 7) is 2.99. The number of aryl methyl sites for hydroxylation is 1. The maximum absolute atomic E-state index is 5.99. The summed E-state index contributed by atoms with van der Waals surface area (Å²) in [6.07, 6.45) is 2.64. The van der Waals surface area contributed by atoms with E-state index in [1.165, 1.54) is 30.1 Å². The van der Waals surface area contributed by atoms with Crippen LogP contribution in [0.2, 0.25) is 0 Å². The normalized spacial score (nSPS) is 18.9. The summed E-state index contributed by atoms with van der Waals surface area (Å²) in [4.78, 5) is 4.51. The van der Waals surface area contributed by atoms with Crippen molar-refractivity contribution in [2.45, 2.75) is 25.0 Å². The Balaban J connectivity index is 1.78. The quantitative estimate of drug-likeness (QED) is 0.905. The van der Waals surface area contributed by atoms with E-state index < -0.39 is 0 Å². The molecular weight excluding hydrogens is 296 g/mol. The van der Waals surface area contributed by atoms with Crippen molar-refractivity contribution in [2.24, 2.45) is 0 Å². The number of hydrogen-bond acceptors (Lipinski definition) is 7. The maximum Gasteiger partial charge on any atom is 0.149 e. The first-order valence-electron chi connectivity index (χ1n) is 6.27. The van der Waals surface area contributed by atoms with Gasteiger partial charge in [0.1, 0.15) is 15.8 Å². The predicted octanol–water partition coefficient (Wildman–Crippen LogP) is 3.46. The molecular formula is C12H16N4S3. The van der Waals surface area contributed by atoms with Crippen LogP contribution in [-0.2, 0) is 0 Å². The fraction of sp³-hybridized carbons (Fsp3) is 0.500. The van der Waals surface area contributed by atoms with Crippen LogP contribution in [0.25, 0.3) is 10.6 Å². The molecule has 1 saturated heterocycles. The third-order valence-corrected chi connectivity index (χ3v) is 6.26. The Kier molecular flexibility index (Phi) is 3.95. The molecule has 1 aliphatic heterocycles. The number of aromatic nitrogens is 2. The van der Waals surface area contributed by atoms with Crippen molar-refractivity contribution in [3.63, 3.8) is 0 Å². The molecule has 1 unspecified atom stereocenters. The van der Waals surface area contributed by atoms with Crippen LogP contribution in [0.5, 0.6) is 0 Å². The Bertz CT molecular complexity index is 557. The van der Waals surface area contributed by atoms with E-state index in [2.05, 4.69) is 26.4 Å². The van der Waals surface area contributed by atoms with Gasteiger partial charge in [-0.1, -0.05) is 0 Å². The summed E-state index contributed by atoms with van der Waals surface area (Å²) < 4.78 is 4.26. The molecule has 2 aromatic rings. The van der Waals surface area contributed by atoms with Crippen molar-refractivity contribution >= 4 is 45.5 Å². The molecule has 3 rings (SSSR count). The second kappa shape index (κ2) is 5.68. The van der Waals surface area contributed by atoms with Gasteiger partial charge in [0.05, 0.1) is 5.56 Å². The molecule has 3 N–H and O–H groups in total. The number of thioether (sulfide) groups is 1. The first kappa shape index (κ1) is 13.2. The molecule has 0 amide bonds. The van der Waals surface area contributed by atoms with Gasteiger partial charge in [0.25, 0.3) is 0 Å². The van der Waals surface area contributed by atoms with Crippen molar-refractivity contribution in [3.05, 3.63) is 11.1 Å². The summed E-state index contributed by atoms with van der Waals surface area (Å²) >= 11 is 5.11. The molecule has 102 valence electrons. The van der Waals surface area contributed by atoms with Crippen molar-refractivity contribution < 1.29 is 0 Å². The first-order chi connectivity index (χ1) is 9.24. The van der Waals surface area contributed by atoms with Crippen LogP contribution in [0.4, 0.5) is 10.8 Å². The number of rotatable bonds is 4. The molecule has 0 saturated carbocycles. The van der Waals surface area contributed by atoms with Crippen molar-refractivity contribution in [2.75, 3.05) is 23.3 Å². The van der Waals surface area contributed by atoms with E-state index in [1.54, 1.807) is 11.3 Å². The minimum Gasteiger partial charge on any atom is -0.382 e. The molecule has 4 nitrogen and oxygen atoms in total. The summed E-state index contributed by atoms with van der Waals surface area (Å²) in [5.41, 5.74) is 8.00. The number of thiazole rings is 1. The molecule has 0 aliphatic carbocycles. The van der Waals surface area contributed by atoms with Gasteiger partial charge in [0.2, 0.25) is 0 Å². The summed E-state index contributed by atoms with van der Waals surface area (Å²) in [6, 6.07) is 0. The highest BCUT2D eigenvalue weighted by atomic mass is 32.2. The second-order valence-electron chi connectivity index (χ2n) is 4.58. The molecule has 19 heavy (non-hydrogen) atoms. The van der Waals surface area contributed by atoms with Crippen LogP contribution in [0, 0.1) is 6.92 Å². The fourth-order valence-electron chi connectivity index (χ4n) is 2.11. The molecule has 3 heterocycles. The van der Waals surface area contributed by atoms with E-state index in [-0.39, 0.29) is 0 Å². The van der Waals surface area contributed by atoms with E-state index in [0.717, 1.165) is 27.8 Å². The van der Waals surface area contributed by atoms with Crippen molar-refractivity contribution in [1.29, 1.82) is 0 Å². The number of hydrogen-bond donors (Lipinski definition) is 2. The standard InChI is InChI=1S/C12H16N4S3/c1-7-6-18-12(15-7)9-10(13)16-19-11(9)14-5-8-3-2-4-17-8/h6,8,14H,2-5H2,1H3,(H2,13,16). The van der Waals surface area contributed by atoms with E-state index in [4.69, 9.17) is 5.73 Å². The van der Waals surface area contributed by atoms with Gasteiger partial charge in [-0.25, -0.2) is 4.98 Å². The highest BCUT2D eigenvalue weighted by Crippen LogP contribution is 2.38. The number of nitrogens with two attached hydrogens (primary N) is 1. The average Bonchev–Trinajstić information content (AvgIpc) is 3.08. The highest BCUT2D eigenvalue weighted by molar-refractivity contribution is 8.00. The van der Waals surface area contributed by atoms with Gasteiger partial charge in [0, 0.05) is 22.9 Å². The fourth-order valence-corrected chi connectivity index (χ4v) is 4.95. The van der Waals surface area contributed by atoms with E-state index in [1.807, 2.05) is 12.3 Å². The molecule has 1 fully saturated rings. The molecule has 0 radical (unpaired) electrons. The Labute approximate surface area is 125 Å². The minimum atomic E-state index is 0.584. The lowest BCUT2D eigenvalue weighted by Crippen LogP contribution is -2.13. The molecule has 0 aromatic carbocycles. The van der Waals surface area contributed by atoms with Crippen LogP contribution < -0.4 is 11.1 Å². The number of nitrogen functional groups attached to an aromatic ring is 1. The Morgan fingerprint density at radius 3 is 3.11 bits per heavy atom. The van der Waals surface area contributed by atoms with Crippen LogP contribution in [-0.4, -0.2) is 26.9 Å². The summed E-state index contributed by atoms with van der Waals surface area (Å²) in [7, 11) is 0. The molecule has 1 atom stereocenters. The average molecular weight is 312 g/mol. The predicted molar refractivity (Wildman–Crippen MR) is 86.3 cm³/mol. The van der Waals surface area contributed by atoms with E-state index in [9.17, 15) is 0 Å². The highest BCUT2D eigenvalue weighted by Gasteiger charge is 2.19. The van der Waals surface area contributed by atoms with Gasteiger partial charge in [-0.05, 0) is 37.1 Å². The monoisotopic (exact) mass is 312 g/mol. The van der Waals surface area contributed by atoms with Gasteiger partial charge in [0.15, 0.2) is 0 Å². The molecule has 0 bridgehead atoms. The van der Waals surface area contributed by atoms with E-state index in [0.29, 0.717) is 11.1 Å². The van der Waals surface area contributed by atoms with Gasteiger partial charge < -0.3 is 11.1 Å². The van der Waals surface area contributed by atoms with Gasteiger partial charge in [-0.2, -0.15) is 16.1 Å². The number of nitrogens with zero attached hydrogens (tertiary/aromatic N) is 2. The lowest BCUT2D eigenvalue weighted by molar-refractivity contribution is 0.806. The van der Waals surface area contributed by atoms with E-state index >= 15 is 0 Å². The zero-order valence-corrected chi connectivity index (χ0v) is 13.1. The largest absolute Gasteiger partial charge is 0.382 e. The van der Waals surface area contributed by atoms with Crippen LogP contribution in [0.15, 0.2) is 5.38 Å². The molecule has 7 heteroatoms. The second-order valence-corrected chi connectivity index (χ2v) is 7.62. The Morgan fingerprint density at radius 2 is 2.42 bits per heavy atom. The van der Waals surface area contributed by atoms with Crippen LogP contribution in [0.1, 0.15) is 18.5 Å². The zero-order valence-electron chi connectivity index (χ0n) is 10.7. The Morgan fingerprint density at radius 1 is 1.53 bits per heavy atom. The zero-order chi connectivity index (χ0) is 13.2. The first-order valence-corrected chi connectivity index (χ1v) is 8.97. The molecule has 1 aliphatic rings.